The lowest BCUT2D eigenvalue weighted by Crippen LogP contribution is -2.35. The standard InChI is InChI=1S/C26H25ClN6O/c27-20-8-4-9-21(16-20)33-25-22(17-28-33)24(29-23(30-25)18-10-11-18)31-12-5-13-32(15-14-31)26(34)19-6-2-1-3-7-19/h1-4,6-9,16-18H,5,10-15H2. The van der Waals surface area contributed by atoms with Crippen molar-refractivity contribution >= 4 is 34.4 Å². The van der Waals surface area contributed by atoms with Gasteiger partial charge < -0.3 is 9.80 Å². The van der Waals surface area contributed by atoms with Gasteiger partial charge in [0.05, 0.1) is 17.3 Å². The first-order valence-electron chi connectivity index (χ1n) is 11.8. The number of halogens is 1. The summed E-state index contributed by atoms with van der Waals surface area (Å²) in [6.07, 6.45) is 4.97. The number of amides is 1. The Morgan fingerprint density at radius 1 is 0.941 bits per heavy atom. The van der Waals surface area contributed by atoms with Gasteiger partial charge in [0.25, 0.3) is 5.91 Å². The second kappa shape index (κ2) is 8.72. The molecule has 1 amide bonds. The van der Waals surface area contributed by atoms with Gasteiger partial charge in [-0.05, 0) is 49.6 Å². The van der Waals surface area contributed by atoms with Crippen molar-refractivity contribution < 1.29 is 4.79 Å². The number of aromatic nitrogens is 4. The molecule has 0 spiro atoms. The van der Waals surface area contributed by atoms with Crippen molar-refractivity contribution in [3.05, 3.63) is 77.2 Å². The molecule has 3 heterocycles. The molecule has 1 saturated carbocycles. The average molecular weight is 473 g/mol. The minimum absolute atomic E-state index is 0.0859. The van der Waals surface area contributed by atoms with Crippen molar-refractivity contribution in [2.75, 3.05) is 31.1 Å². The molecule has 8 heteroatoms. The van der Waals surface area contributed by atoms with Crippen LogP contribution in [0.4, 0.5) is 5.82 Å². The number of carbonyl (C=O) groups is 1. The van der Waals surface area contributed by atoms with Crippen LogP contribution in [0.5, 0.6) is 0 Å². The molecule has 7 nitrogen and oxygen atoms in total. The molecular formula is C26H25ClN6O. The summed E-state index contributed by atoms with van der Waals surface area (Å²) in [5.41, 5.74) is 2.42. The highest BCUT2D eigenvalue weighted by atomic mass is 35.5. The molecule has 0 radical (unpaired) electrons. The molecule has 0 atom stereocenters. The molecule has 2 fully saturated rings. The first-order valence-corrected chi connectivity index (χ1v) is 12.2. The first kappa shape index (κ1) is 21.1. The van der Waals surface area contributed by atoms with Gasteiger partial charge in [0, 0.05) is 42.7 Å². The number of hydrogen-bond donors (Lipinski definition) is 0. The zero-order valence-electron chi connectivity index (χ0n) is 18.8. The van der Waals surface area contributed by atoms with Crippen LogP contribution in [0.25, 0.3) is 16.7 Å². The van der Waals surface area contributed by atoms with Crippen LogP contribution in [0.2, 0.25) is 5.02 Å². The summed E-state index contributed by atoms with van der Waals surface area (Å²) in [6.45, 7) is 2.93. The van der Waals surface area contributed by atoms with Gasteiger partial charge >= 0.3 is 0 Å². The zero-order valence-corrected chi connectivity index (χ0v) is 19.5. The summed E-state index contributed by atoms with van der Waals surface area (Å²) >= 11 is 6.25. The summed E-state index contributed by atoms with van der Waals surface area (Å²) in [5.74, 6) is 2.29. The predicted molar refractivity (Wildman–Crippen MR) is 133 cm³/mol. The van der Waals surface area contributed by atoms with E-state index in [4.69, 9.17) is 21.6 Å². The number of nitrogens with zero attached hydrogens (tertiary/aromatic N) is 6. The molecule has 0 bridgehead atoms. The van der Waals surface area contributed by atoms with Gasteiger partial charge in [-0.1, -0.05) is 35.9 Å². The van der Waals surface area contributed by atoms with Crippen LogP contribution in [0, 0.1) is 0 Å². The fraction of sp³-hybridized carbons (Fsp3) is 0.308. The van der Waals surface area contributed by atoms with Gasteiger partial charge in [0.1, 0.15) is 11.6 Å². The largest absolute Gasteiger partial charge is 0.354 e. The van der Waals surface area contributed by atoms with E-state index < -0.39 is 0 Å². The lowest BCUT2D eigenvalue weighted by molar-refractivity contribution is 0.0767. The van der Waals surface area contributed by atoms with E-state index in [2.05, 4.69) is 10.00 Å². The molecule has 6 rings (SSSR count). The van der Waals surface area contributed by atoms with Gasteiger partial charge in [-0.15, -0.1) is 0 Å². The highest BCUT2D eigenvalue weighted by Crippen LogP contribution is 2.40. The Morgan fingerprint density at radius 2 is 1.79 bits per heavy atom. The topological polar surface area (TPSA) is 67.2 Å². The average Bonchev–Trinajstić information content (AvgIpc) is 3.67. The van der Waals surface area contributed by atoms with E-state index in [0.717, 1.165) is 72.8 Å². The summed E-state index contributed by atoms with van der Waals surface area (Å²) in [5, 5.41) is 6.24. The maximum atomic E-state index is 13.0. The molecule has 2 aliphatic rings. The molecule has 0 N–H and O–H groups in total. The van der Waals surface area contributed by atoms with E-state index in [0.29, 0.717) is 17.5 Å². The van der Waals surface area contributed by atoms with Crippen molar-refractivity contribution in [2.24, 2.45) is 0 Å². The minimum atomic E-state index is 0.0859. The normalized spacial score (nSPS) is 16.6. The van der Waals surface area contributed by atoms with Crippen LogP contribution in [-0.2, 0) is 0 Å². The van der Waals surface area contributed by atoms with Crippen LogP contribution in [0.1, 0.15) is 41.4 Å². The smallest absolute Gasteiger partial charge is 0.253 e. The van der Waals surface area contributed by atoms with Crippen LogP contribution in [0.3, 0.4) is 0 Å². The molecule has 4 aromatic rings. The molecule has 0 unspecified atom stereocenters. The minimum Gasteiger partial charge on any atom is -0.354 e. The molecular weight excluding hydrogens is 448 g/mol. The number of carbonyl (C=O) groups excluding carboxylic acids is 1. The number of anilines is 1. The highest BCUT2D eigenvalue weighted by Gasteiger charge is 2.30. The molecule has 172 valence electrons. The molecule has 34 heavy (non-hydrogen) atoms. The Bertz CT molecular complexity index is 1350. The summed E-state index contributed by atoms with van der Waals surface area (Å²) < 4.78 is 1.85. The fourth-order valence-electron chi connectivity index (χ4n) is 4.57. The lowest BCUT2D eigenvalue weighted by Gasteiger charge is -2.24. The number of fused-ring (bicyclic) bond motifs is 1. The number of rotatable bonds is 4. The van der Waals surface area contributed by atoms with E-state index in [9.17, 15) is 4.79 Å². The molecule has 2 aromatic heterocycles. The van der Waals surface area contributed by atoms with Gasteiger partial charge in [-0.3, -0.25) is 4.79 Å². The summed E-state index contributed by atoms with van der Waals surface area (Å²) in [6, 6.07) is 17.2. The van der Waals surface area contributed by atoms with E-state index >= 15 is 0 Å². The Labute approximate surface area is 203 Å². The van der Waals surface area contributed by atoms with E-state index in [-0.39, 0.29) is 5.91 Å². The second-order valence-corrected chi connectivity index (χ2v) is 9.39. The van der Waals surface area contributed by atoms with Crippen molar-refractivity contribution in [1.82, 2.24) is 24.6 Å². The van der Waals surface area contributed by atoms with E-state index in [1.807, 2.05) is 70.4 Å². The summed E-state index contributed by atoms with van der Waals surface area (Å²) in [7, 11) is 0. The third-order valence-electron chi connectivity index (χ3n) is 6.52. The predicted octanol–water partition coefficient (Wildman–Crippen LogP) is 4.70. The SMILES string of the molecule is O=C(c1ccccc1)N1CCCN(c2nc(C3CC3)nc3c2cnn3-c2cccc(Cl)c2)CC1. The fourth-order valence-corrected chi connectivity index (χ4v) is 4.75. The quantitative estimate of drug-likeness (QED) is 0.430. The number of hydrogen-bond acceptors (Lipinski definition) is 5. The van der Waals surface area contributed by atoms with Crippen molar-refractivity contribution in [1.29, 1.82) is 0 Å². The maximum Gasteiger partial charge on any atom is 0.253 e. The number of benzene rings is 2. The van der Waals surface area contributed by atoms with Crippen LogP contribution < -0.4 is 4.90 Å². The van der Waals surface area contributed by atoms with Gasteiger partial charge in [-0.2, -0.15) is 5.10 Å². The summed E-state index contributed by atoms with van der Waals surface area (Å²) in [4.78, 5) is 27.2. The lowest BCUT2D eigenvalue weighted by atomic mass is 10.2. The van der Waals surface area contributed by atoms with E-state index in [1.165, 1.54) is 0 Å². The Hall–Kier alpha value is -3.45. The zero-order chi connectivity index (χ0) is 23.1. The van der Waals surface area contributed by atoms with Gasteiger partial charge in [-0.25, -0.2) is 14.6 Å². The van der Waals surface area contributed by atoms with E-state index in [1.54, 1.807) is 0 Å². The second-order valence-electron chi connectivity index (χ2n) is 8.95. The first-order chi connectivity index (χ1) is 16.7. The molecule has 1 saturated heterocycles. The molecule has 2 aromatic carbocycles. The third kappa shape index (κ3) is 4.01. The van der Waals surface area contributed by atoms with Crippen molar-refractivity contribution in [3.8, 4) is 5.69 Å². The Kier molecular flexibility index (Phi) is 5.41. The van der Waals surface area contributed by atoms with Crippen LogP contribution >= 0.6 is 11.6 Å². The Morgan fingerprint density at radius 3 is 2.59 bits per heavy atom. The highest BCUT2D eigenvalue weighted by molar-refractivity contribution is 6.30. The van der Waals surface area contributed by atoms with Crippen molar-refractivity contribution in [2.45, 2.75) is 25.2 Å². The van der Waals surface area contributed by atoms with Crippen LogP contribution in [-0.4, -0.2) is 56.7 Å². The maximum absolute atomic E-state index is 13.0. The third-order valence-corrected chi connectivity index (χ3v) is 6.76. The van der Waals surface area contributed by atoms with Crippen LogP contribution in [0.15, 0.2) is 60.8 Å². The molecule has 1 aliphatic heterocycles. The van der Waals surface area contributed by atoms with Gasteiger partial charge in [0.2, 0.25) is 0 Å². The monoisotopic (exact) mass is 472 g/mol. The molecule has 1 aliphatic carbocycles. The van der Waals surface area contributed by atoms with Gasteiger partial charge in [0.15, 0.2) is 5.65 Å². The van der Waals surface area contributed by atoms with Crippen molar-refractivity contribution in [3.63, 3.8) is 0 Å². The Balaban J connectivity index is 1.34.